The van der Waals surface area contributed by atoms with Crippen LogP contribution in [0.2, 0.25) is 0 Å². The molecule has 0 aliphatic rings. The molecule has 2 aromatic carbocycles. The Hall–Kier alpha value is -1.77. The summed E-state index contributed by atoms with van der Waals surface area (Å²) in [5, 5.41) is 0. The van der Waals surface area contributed by atoms with Gasteiger partial charge in [0, 0.05) is 12.8 Å². The van der Waals surface area contributed by atoms with Gasteiger partial charge in [-0.15, -0.1) is 0 Å². The summed E-state index contributed by atoms with van der Waals surface area (Å²) >= 11 is 0. The Bertz CT molecular complexity index is 891. The van der Waals surface area contributed by atoms with Gasteiger partial charge < -0.3 is 0 Å². The average Bonchev–Trinajstić information content (AvgIpc) is 2.46. The minimum Gasteiger partial charge on any atom is -0.224 e. The van der Waals surface area contributed by atoms with Crippen molar-refractivity contribution in [3.05, 3.63) is 59.9 Å². The Kier molecular flexibility index (Phi) is 5.18. The molecule has 0 spiro atoms. The number of benzene rings is 2. The molecule has 0 unspecified atom stereocenters. The number of hydrogen-bond donors (Lipinski definition) is 1. The third-order valence-corrected chi connectivity index (χ3v) is 5.76. The summed E-state index contributed by atoms with van der Waals surface area (Å²) in [6.07, 6.45) is 1.40. The van der Waals surface area contributed by atoms with Gasteiger partial charge in [0.25, 0.3) is 0 Å². The van der Waals surface area contributed by atoms with Gasteiger partial charge in [-0.3, -0.25) is 0 Å². The fourth-order valence-corrected chi connectivity index (χ4v) is 3.63. The lowest BCUT2D eigenvalue weighted by molar-refractivity contribution is 0.580. The van der Waals surface area contributed by atoms with Gasteiger partial charge in [0.1, 0.15) is 5.82 Å². The number of nitrogens with one attached hydrogen (secondary N) is 1. The third kappa shape index (κ3) is 4.85. The van der Waals surface area contributed by atoms with Crippen LogP contribution in [0.4, 0.5) is 4.39 Å². The van der Waals surface area contributed by atoms with Crippen molar-refractivity contribution >= 4 is 19.9 Å². The smallest absolute Gasteiger partial charge is 0.224 e. The molecule has 2 aromatic rings. The number of sulfone groups is 1. The van der Waals surface area contributed by atoms with Crippen LogP contribution in [0, 0.1) is 5.82 Å². The molecule has 0 heterocycles. The van der Waals surface area contributed by atoms with Crippen molar-refractivity contribution in [2.75, 3.05) is 12.8 Å². The molecule has 1 N–H and O–H groups in total. The van der Waals surface area contributed by atoms with Crippen LogP contribution in [0.5, 0.6) is 0 Å². The van der Waals surface area contributed by atoms with E-state index in [9.17, 15) is 21.2 Å². The molecule has 0 atom stereocenters. The van der Waals surface area contributed by atoms with Gasteiger partial charge in [0.2, 0.25) is 10.0 Å². The lowest BCUT2D eigenvalue weighted by Crippen LogP contribution is -2.26. The summed E-state index contributed by atoms with van der Waals surface area (Å²) < 4.78 is 62.4. The van der Waals surface area contributed by atoms with Gasteiger partial charge >= 0.3 is 0 Å². The van der Waals surface area contributed by atoms with E-state index in [1.165, 1.54) is 36.4 Å². The summed E-state index contributed by atoms with van der Waals surface area (Å²) in [4.78, 5) is 0.0281. The summed E-state index contributed by atoms with van der Waals surface area (Å²) in [6.45, 7) is 0.111. The maximum Gasteiger partial charge on any atom is 0.240 e. The van der Waals surface area contributed by atoms with E-state index in [1.807, 2.05) is 0 Å². The number of hydrogen-bond acceptors (Lipinski definition) is 4. The van der Waals surface area contributed by atoms with Crippen molar-refractivity contribution < 1.29 is 21.2 Å². The lowest BCUT2D eigenvalue weighted by Gasteiger charge is -2.07. The van der Waals surface area contributed by atoms with Crippen LogP contribution in [0.3, 0.4) is 0 Å². The first-order valence-corrected chi connectivity index (χ1v) is 10.1. The zero-order valence-corrected chi connectivity index (χ0v) is 14.0. The van der Waals surface area contributed by atoms with Crippen molar-refractivity contribution in [3.63, 3.8) is 0 Å². The molecule has 0 saturated heterocycles. The summed E-state index contributed by atoms with van der Waals surface area (Å²) in [5.74, 6) is -0.373. The first-order valence-electron chi connectivity index (χ1n) is 6.73. The molecule has 0 aliphatic heterocycles. The van der Waals surface area contributed by atoms with Crippen molar-refractivity contribution in [2.24, 2.45) is 0 Å². The topological polar surface area (TPSA) is 80.3 Å². The second-order valence-electron chi connectivity index (χ2n) is 5.02. The standard InChI is InChI=1S/C15H16FNO4S2/c1-22(18,19)14-5-7-15(8-6-14)23(20,21)17-10-9-12-3-2-4-13(16)11-12/h2-8,11,17H,9-10H2,1H3. The second-order valence-corrected chi connectivity index (χ2v) is 8.80. The molecular weight excluding hydrogens is 341 g/mol. The molecule has 0 aliphatic carbocycles. The van der Waals surface area contributed by atoms with Gasteiger partial charge in [-0.1, -0.05) is 12.1 Å². The Balaban J connectivity index is 2.04. The molecule has 124 valence electrons. The first-order chi connectivity index (χ1) is 10.7. The Morgan fingerprint density at radius 2 is 1.57 bits per heavy atom. The van der Waals surface area contributed by atoms with Crippen LogP contribution in [-0.2, 0) is 26.3 Å². The molecule has 8 heteroatoms. The molecular formula is C15H16FNO4S2. The maximum absolute atomic E-state index is 13.0. The van der Waals surface area contributed by atoms with Crippen molar-refractivity contribution in [1.29, 1.82) is 0 Å². The number of halogens is 1. The summed E-state index contributed by atoms with van der Waals surface area (Å²) in [6, 6.07) is 10.9. The molecule has 0 amide bonds. The Labute approximate surface area is 135 Å². The van der Waals surface area contributed by atoms with Crippen LogP contribution in [0.15, 0.2) is 58.3 Å². The average molecular weight is 357 g/mol. The SMILES string of the molecule is CS(=O)(=O)c1ccc(S(=O)(=O)NCCc2cccc(F)c2)cc1. The van der Waals surface area contributed by atoms with Crippen molar-refractivity contribution in [3.8, 4) is 0 Å². The quantitative estimate of drug-likeness (QED) is 0.854. The van der Waals surface area contributed by atoms with E-state index in [0.717, 1.165) is 6.26 Å². The van der Waals surface area contributed by atoms with Crippen LogP contribution in [0.25, 0.3) is 0 Å². The third-order valence-electron chi connectivity index (χ3n) is 3.16. The second kappa shape index (κ2) is 6.77. The van der Waals surface area contributed by atoms with Gasteiger partial charge in [0.15, 0.2) is 9.84 Å². The van der Waals surface area contributed by atoms with Gasteiger partial charge in [-0.25, -0.2) is 25.9 Å². The largest absolute Gasteiger partial charge is 0.240 e. The van der Waals surface area contributed by atoms with Crippen LogP contribution < -0.4 is 4.72 Å². The normalized spacial score (nSPS) is 12.3. The van der Waals surface area contributed by atoms with Gasteiger partial charge in [-0.2, -0.15) is 0 Å². The Morgan fingerprint density at radius 1 is 0.957 bits per heavy atom. The van der Waals surface area contributed by atoms with E-state index in [-0.39, 0.29) is 22.2 Å². The molecule has 0 radical (unpaired) electrons. The van der Waals surface area contributed by atoms with E-state index in [4.69, 9.17) is 0 Å². The zero-order valence-electron chi connectivity index (χ0n) is 12.4. The van der Waals surface area contributed by atoms with E-state index >= 15 is 0 Å². The molecule has 0 aromatic heterocycles. The predicted molar refractivity (Wildman–Crippen MR) is 84.8 cm³/mol. The van der Waals surface area contributed by atoms with E-state index < -0.39 is 19.9 Å². The van der Waals surface area contributed by atoms with E-state index in [0.29, 0.717) is 12.0 Å². The molecule has 0 bridgehead atoms. The molecule has 23 heavy (non-hydrogen) atoms. The molecule has 2 rings (SSSR count). The van der Waals surface area contributed by atoms with E-state index in [2.05, 4.69) is 4.72 Å². The highest BCUT2D eigenvalue weighted by atomic mass is 32.2. The minimum absolute atomic E-state index is 0.0239. The van der Waals surface area contributed by atoms with Crippen LogP contribution in [-0.4, -0.2) is 29.6 Å². The fourth-order valence-electron chi connectivity index (χ4n) is 1.97. The minimum atomic E-state index is -3.74. The highest BCUT2D eigenvalue weighted by Crippen LogP contribution is 2.14. The van der Waals surface area contributed by atoms with Gasteiger partial charge in [0.05, 0.1) is 9.79 Å². The number of rotatable bonds is 6. The monoisotopic (exact) mass is 357 g/mol. The van der Waals surface area contributed by atoms with Crippen molar-refractivity contribution in [2.45, 2.75) is 16.2 Å². The predicted octanol–water partition coefficient (Wildman–Crippen LogP) is 1.75. The molecule has 5 nitrogen and oxygen atoms in total. The highest BCUT2D eigenvalue weighted by Gasteiger charge is 2.15. The van der Waals surface area contributed by atoms with Crippen molar-refractivity contribution in [1.82, 2.24) is 4.72 Å². The summed E-state index contributed by atoms with van der Waals surface area (Å²) in [5.41, 5.74) is 0.681. The fraction of sp³-hybridized carbons (Fsp3) is 0.200. The first kappa shape index (κ1) is 17.6. The van der Waals surface area contributed by atoms with E-state index in [1.54, 1.807) is 12.1 Å². The molecule has 0 fully saturated rings. The number of sulfonamides is 1. The van der Waals surface area contributed by atoms with Crippen LogP contribution in [0.1, 0.15) is 5.56 Å². The highest BCUT2D eigenvalue weighted by molar-refractivity contribution is 7.90. The van der Waals surface area contributed by atoms with Crippen LogP contribution >= 0.6 is 0 Å². The maximum atomic E-state index is 13.0. The lowest BCUT2D eigenvalue weighted by atomic mass is 10.1. The molecule has 0 saturated carbocycles. The summed E-state index contributed by atoms with van der Waals surface area (Å²) in [7, 11) is -7.11. The zero-order chi connectivity index (χ0) is 17.1. The Morgan fingerprint density at radius 3 is 2.13 bits per heavy atom. The van der Waals surface area contributed by atoms with Gasteiger partial charge in [-0.05, 0) is 48.4 Å².